The lowest BCUT2D eigenvalue weighted by atomic mass is 10.0. The maximum atomic E-state index is 13.1. The van der Waals surface area contributed by atoms with Gasteiger partial charge in [0.15, 0.2) is 0 Å². The molecule has 2 fully saturated rings. The van der Waals surface area contributed by atoms with Crippen LogP contribution in [0.5, 0.6) is 0 Å². The number of anilines is 4. The fourth-order valence-corrected chi connectivity index (χ4v) is 5.69. The molecule has 13 heteroatoms. The fraction of sp³-hybridized carbons (Fsp3) is 0.344. The maximum absolute atomic E-state index is 13.1. The Morgan fingerprint density at radius 3 is 1.98 bits per heavy atom. The molecule has 4 aromatic rings. The Labute approximate surface area is 257 Å². The summed E-state index contributed by atoms with van der Waals surface area (Å²) in [5.74, 6) is -0.782. The van der Waals surface area contributed by atoms with Crippen molar-refractivity contribution in [3.8, 4) is 0 Å². The second kappa shape index (κ2) is 11.5. The Bertz CT molecular complexity index is 1760. The molecule has 0 bridgehead atoms. The van der Waals surface area contributed by atoms with Gasteiger partial charge < -0.3 is 25.4 Å². The van der Waals surface area contributed by atoms with Gasteiger partial charge in [-0.1, -0.05) is 12.8 Å². The number of fused-ring (bicyclic) bond motifs is 1. The highest BCUT2D eigenvalue weighted by atomic mass is 19.4. The molecule has 0 spiro atoms. The highest BCUT2D eigenvalue weighted by Gasteiger charge is 2.56. The molecule has 3 N–H and O–H groups in total. The molecule has 2 aromatic heterocycles. The second-order valence-corrected chi connectivity index (χ2v) is 11.8. The zero-order chi connectivity index (χ0) is 31.9. The molecule has 0 atom stereocenters. The molecule has 6 rings (SSSR count). The SMILES string of the molecule is CN(C)C(=O)c1cc2cnc(Nc3ccc(NC(=O)C4(C(=O)Nc5ccc(C(F)(F)F)cc5)CC4)cc3)nc2n1C1CCCC1. The largest absolute Gasteiger partial charge is 0.416 e. The molecule has 2 saturated carbocycles. The predicted octanol–water partition coefficient (Wildman–Crippen LogP) is 6.37. The van der Waals surface area contributed by atoms with Gasteiger partial charge >= 0.3 is 6.18 Å². The zero-order valence-corrected chi connectivity index (χ0v) is 24.7. The molecule has 2 heterocycles. The van der Waals surface area contributed by atoms with E-state index < -0.39 is 29.0 Å². The van der Waals surface area contributed by atoms with Crippen LogP contribution >= 0.6 is 0 Å². The topological polar surface area (TPSA) is 121 Å². The molecule has 234 valence electrons. The average molecular weight is 620 g/mol. The van der Waals surface area contributed by atoms with Crippen molar-refractivity contribution >= 4 is 51.8 Å². The standard InChI is InChI=1S/C32H32F3N7O3/c1-41(2)27(43)25-17-19-18-36-30(40-26(19)42(25)24-5-3-4-6-24)39-23-13-11-22(12-14-23)38-29(45)31(15-16-31)28(44)37-21-9-7-20(8-10-21)32(33,34)35/h7-14,17-18,24H,3-6,15-16H2,1-2H3,(H,37,44)(H,38,45)(H,36,39,40). The number of nitrogens with one attached hydrogen (secondary N) is 3. The van der Waals surface area contributed by atoms with Crippen molar-refractivity contribution in [3.63, 3.8) is 0 Å². The van der Waals surface area contributed by atoms with Crippen LogP contribution in [0.2, 0.25) is 0 Å². The van der Waals surface area contributed by atoms with Crippen molar-refractivity contribution < 1.29 is 27.6 Å². The van der Waals surface area contributed by atoms with Gasteiger partial charge in [-0.3, -0.25) is 14.4 Å². The lowest BCUT2D eigenvalue weighted by molar-refractivity contribution is -0.137. The molecule has 10 nitrogen and oxygen atoms in total. The summed E-state index contributed by atoms with van der Waals surface area (Å²) in [6.07, 6.45) is 2.04. The smallest absolute Gasteiger partial charge is 0.343 e. The van der Waals surface area contributed by atoms with Crippen molar-refractivity contribution in [2.45, 2.75) is 50.7 Å². The Morgan fingerprint density at radius 1 is 0.889 bits per heavy atom. The zero-order valence-electron chi connectivity index (χ0n) is 24.7. The van der Waals surface area contributed by atoms with E-state index in [2.05, 4.69) is 20.9 Å². The summed E-state index contributed by atoms with van der Waals surface area (Å²) >= 11 is 0. The van der Waals surface area contributed by atoms with Gasteiger partial charge in [0.1, 0.15) is 16.8 Å². The number of alkyl halides is 3. The first-order valence-corrected chi connectivity index (χ1v) is 14.7. The average Bonchev–Trinajstić information content (AvgIpc) is 3.49. The van der Waals surface area contributed by atoms with Gasteiger partial charge in [-0.2, -0.15) is 18.2 Å². The fourth-order valence-electron chi connectivity index (χ4n) is 5.69. The third-order valence-corrected chi connectivity index (χ3v) is 8.38. The van der Waals surface area contributed by atoms with Crippen molar-refractivity contribution in [2.75, 3.05) is 30.0 Å². The first-order valence-electron chi connectivity index (χ1n) is 14.7. The number of nitrogens with zero attached hydrogens (tertiary/aromatic N) is 4. The number of hydrogen-bond donors (Lipinski definition) is 3. The number of aromatic nitrogens is 3. The van der Waals surface area contributed by atoms with Gasteiger partial charge in [0.2, 0.25) is 17.8 Å². The molecule has 2 aromatic carbocycles. The maximum Gasteiger partial charge on any atom is 0.416 e. The van der Waals surface area contributed by atoms with E-state index in [0.29, 0.717) is 41.5 Å². The van der Waals surface area contributed by atoms with E-state index in [0.717, 1.165) is 55.3 Å². The normalized spacial score (nSPS) is 15.9. The molecule has 0 radical (unpaired) electrons. The molecular weight excluding hydrogens is 587 g/mol. The minimum absolute atomic E-state index is 0.0860. The monoisotopic (exact) mass is 619 g/mol. The van der Waals surface area contributed by atoms with E-state index in [4.69, 9.17) is 4.98 Å². The first-order chi connectivity index (χ1) is 21.4. The highest BCUT2D eigenvalue weighted by molar-refractivity contribution is 6.17. The van der Waals surface area contributed by atoms with Crippen molar-refractivity contribution in [3.05, 3.63) is 72.1 Å². The first kappa shape index (κ1) is 30.1. The Hall–Kier alpha value is -4.94. The van der Waals surface area contributed by atoms with E-state index in [-0.39, 0.29) is 17.6 Å². The van der Waals surface area contributed by atoms with Crippen LogP contribution in [0, 0.1) is 5.41 Å². The Balaban J connectivity index is 1.13. The van der Waals surface area contributed by atoms with Crippen LogP contribution in [0.1, 0.15) is 60.6 Å². The van der Waals surface area contributed by atoms with E-state index >= 15 is 0 Å². The van der Waals surface area contributed by atoms with Gasteiger partial charge in [-0.15, -0.1) is 0 Å². The summed E-state index contributed by atoms with van der Waals surface area (Å²) in [6, 6.07) is 13.0. The third-order valence-electron chi connectivity index (χ3n) is 8.38. The number of amides is 3. The molecule has 0 saturated heterocycles. The Morgan fingerprint density at radius 2 is 1.44 bits per heavy atom. The van der Waals surface area contributed by atoms with Crippen LogP contribution in [0.15, 0.2) is 60.8 Å². The van der Waals surface area contributed by atoms with Gasteiger partial charge in [0, 0.05) is 48.8 Å². The summed E-state index contributed by atoms with van der Waals surface area (Å²) < 4.78 is 40.5. The molecule has 2 aliphatic carbocycles. The van der Waals surface area contributed by atoms with Crippen LogP contribution in [0.4, 0.5) is 36.2 Å². The number of carbonyl (C=O) groups excluding carboxylic acids is 3. The lowest BCUT2D eigenvalue weighted by Gasteiger charge is -2.19. The molecule has 3 amide bonds. The lowest BCUT2D eigenvalue weighted by Crippen LogP contribution is -2.35. The van der Waals surface area contributed by atoms with E-state index in [1.165, 1.54) is 0 Å². The minimum Gasteiger partial charge on any atom is -0.343 e. The van der Waals surface area contributed by atoms with Crippen LogP contribution in [-0.2, 0) is 15.8 Å². The van der Waals surface area contributed by atoms with E-state index in [9.17, 15) is 27.6 Å². The van der Waals surface area contributed by atoms with Crippen LogP contribution in [0.3, 0.4) is 0 Å². The number of hydrogen-bond acceptors (Lipinski definition) is 6. The summed E-state index contributed by atoms with van der Waals surface area (Å²) in [5.41, 5.74) is 0.485. The molecule has 2 aliphatic rings. The van der Waals surface area contributed by atoms with Gasteiger partial charge in [0.05, 0.1) is 5.56 Å². The van der Waals surface area contributed by atoms with Crippen LogP contribution in [-0.4, -0.2) is 51.3 Å². The second-order valence-electron chi connectivity index (χ2n) is 11.8. The number of rotatable bonds is 8. The number of benzene rings is 2. The summed E-state index contributed by atoms with van der Waals surface area (Å²) in [4.78, 5) is 49.7. The van der Waals surface area contributed by atoms with Crippen molar-refractivity contribution in [1.29, 1.82) is 0 Å². The third kappa shape index (κ3) is 6.06. The molecule has 45 heavy (non-hydrogen) atoms. The van der Waals surface area contributed by atoms with Gasteiger partial charge in [0.25, 0.3) is 5.91 Å². The minimum atomic E-state index is -4.48. The van der Waals surface area contributed by atoms with Gasteiger partial charge in [-0.25, -0.2) is 4.98 Å². The highest BCUT2D eigenvalue weighted by Crippen LogP contribution is 2.47. The van der Waals surface area contributed by atoms with Crippen LogP contribution in [0.25, 0.3) is 11.0 Å². The number of carbonyl (C=O) groups is 3. The van der Waals surface area contributed by atoms with Crippen molar-refractivity contribution in [2.24, 2.45) is 5.41 Å². The van der Waals surface area contributed by atoms with Gasteiger partial charge in [-0.05, 0) is 80.3 Å². The molecule has 0 aliphatic heterocycles. The quantitative estimate of drug-likeness (QED) is 0.197. The van der Waals surface area contributed by atoms with E-state index in [1.807, 2.05) is 10.6 Å². The number of halogens is 3. The van der Waals surface area contributed by atoms with E-state index in [1.54, 1.807) is 49.5 Å². The predicted molar refractivity (Wildman–Crippen MR) is 163 cm³/mol. The summed E-state index contributed by atoms with van der Waals surface area (Å²) in [5, 5.41) is 9.29. The summed E-state index contributed by atoms with van der Waals surface area (Å²) in [6.45, 7) is 0. The van der Waals surface area contributed by atoms with Crippen LogP contribution < -0.4 is 16.0 Å². The Kier molecular flexibility index (Phi) is 7.71. The molecular formula is C32H32F3N7O3. The van der Waals surface area contributed by atoms with Crippen molar-refractivity contribution in [1.82, 2.24) is 19.4 Å². The molecule has 0 unspecified atom stereocenters. The summed E-state index contributed by atoms with van der Waals surface area (Å²) in [7, 11) is 3.46.